The number of aromatic nitrogens is 1. The number of nitriles is 1. The molecule has 0 aliphatic rings. The first-order valence-electron chi connectivity index (χ1n) is 8.89. The lowest BCUT2D eigenvalue weighted by Gasteiger charge is -2.17. The summed E-state index contributed by atoms with van der Waals surface area (Å²) < 4.78 is 0. The summed E-state index contributed by atoms with van der Waals surface area (Å²) in [6, 6.07) is 18.1. The van der Waals surface area contributed by atoms with Gasteiger partial charge in [-0.2, -0.15) is 5.26 Å². The molecule has 8 heteroatoms. The van der Waals surface area contributed by atoms with Crippen molar-refractivity contribution in [3.63, 3.8) is 0 Å². The molecule has 0 aliphatic heterocycles. The third-order valence-electron chi connectivity index (χ3n) is 4.21. The average Bonchev–Trinajstić information content (AvgIpc) is 2.72. The first kappa shape index (κ1) is 21.4. The van der Waals surface area contributed by atoms with Gasteiger partial charge in [-0.05, 0) is 25.1 Å². The van der Waals surface area contributed by atoms with Crippen LogP contribution in [0, 0.1) is 18.3 Å². The zero-order chi connectivity index (χ0) is 21.7. The molecule has 1 heterocycles. The number of nitrogens with one attached hydrogen (secondary N) is 1. The number of halogens is 1. The summed E-state index contributed by atoms with van der Waals surface area (Å²) >= 11 is 7.46. The molecule has 0 atom stereocenters. The second kappa shape index (κ2) is 9.44. The van der Waals surface area contributed by atoms with Gasteiger partial charge in [0.05, 0.1) is 22.6 Å². The van der Waals surface area contributed by atoms with E-state index in [1.807, 2.05) is 6.07 Å². The van der Waals surface area contributed by atoms with Crippen molar-refractivity contribution in [3.05, 3.63) is 76.4 Å². The topological polar surface area (TPSA) is 109 Å². The number of rotatable bonds is 6. The van der Waals surface area contributed by atoms with E-state index in [2.05, 4.69) is 16.4 Å². The predicted octanol–water partition coefficient (Wildman–Crippen LogP) is 4.41. The fourth-order valence-corrected chi connectivity index (χ4v) is 3.95. The summed E-state index contributed by atoms with van der Waals surface area (Å²) in [6.45, 7) is 1.68. The molecule has 3 rings (SSSR count). The summed E-state index contributed by atoms with van der Waals surface area (Å²) in [5, 5.41) is 13.5. The summed E-state index contributed by atoms with van der Waals surface area (Å²) in [5.41, 5.74) is 7.57. The minimum absolute atomic E-state index is 0.0430. The number of para-hydroxylation sites is 1. The van der Waals surface area contributed by atoms with E-state index >= 15 is 0 Å². The molecule has 0 spiro atoms. The van der Waals surface area contributed by atoms with Gasteiger partial charge in [0, 0.05) is 21.8 Å². The lowest BCUT2D eigenvalue weighted by Crippen LogP contribution is -2.18. The number of carbonyl (C=O) groups excluding carboxylic acids is 2. The van der Waals surface area contributed by atoms with Gasteiger partial charge < -0.3 is 11.1 Å². The van der Waals surface area contributed by atoms with Gasteiger partial charge in [-0.25, -0.2) is 4.98 Å². The minimum atomic E-state index is -0.534. The van der Waals surface area contributed by atoms with Gasteiger partial charge in [-0.15, -0.1) is 0 Å². The highest BCUT2D eigenvalue weighted by atomic mass is 35.5. The number of aryl methyl sites for hydroxylation is 1. The van der Waals surface area contributed by atoms with Crippen LogP contribution in [-0.2, 0) is 4.79 Å². The molecule has 30 heavy (non-hydrogen) atoms. The fraction of sp³-hybridized carbons (Fsp3) is 0.0909. The van der Waals surface area contributed by atoms with Gasteiger partial charge >= 0.3 is 0 Å². The van der Waals surface area contributed by atoms with Crippen LogP contribution in [0.3, 0.4) is 0 Å². The number of thioether (sulfide) groups is 1. The van der Waals surface area contributed by atoms with Crippen molar-refractivity contribution in [1.82, 2.24) is 4.98 Å². The SMILES string of the molecule is Cc1nc(SCC(N)=O)c(C#N)c(-c2ccccc2Cl)c1C(=O)Nc1ccccc1. The molecular formula is C22H17ClN4O2S. The molecule has 0 fully saturated rings. The van der Waals surface area contributed by atoms with E-state index in [0.29, 0.717) is 32.6 Å². The quantitative estimate of drug-likeness (QED) is 0.556. The smallest absolute Gasteiger partial charge is 0.258 e. The van der Waals surface area contributed by atoms with Crippen LogP contribution in [0.5, 0.6) is 0 Å². The molecule has 2 amide bonds. The highest BCUT2D eigenvalue weighted by molar-refractivity contribution is 8.00. The monoisotopic (exact) mass is 436 g/mol. The Morgan fingerprint density at radius 2 is 1.83 bits per heavy atom. The van der Waals surface area contributed by atoms with Crippen LogP contribution in [0.25, 0.3) is 11.1 Å². The zero-order valence-corrected chi connectivity index (χ0v) is 17.6. The third-order valence-corrected chi connectivity index (χ3v) is 5.54. The Morgan fingerprint density at radius 3 is 2.47 bits per heavy atom. The number of nitrogens with two attached hydrogens (primary N) is 1. The summed E-state index contributed by atoms with van der Waals surface area (Å²) in [7, 11) is 0. The molecule has 0 aliphatic carbocycles. The van der Waals surface area contributed by atoms with Crippen molar-refractivity contribution in [3.8, 4) is 17.2 Å². The number of pyridine rings is 1. The molecule has 0 bridgehead atoms. The van der Waals surface area contributed by atoms with Crippen LogP contribution < -0.4 is 11.1 Å². The molecule has 150 valence electrons. The van der Waals surface area contributed by atoms with Crippen molar-refractivity contribution in [1.29, 1.82) is 5.26 Å². The number of nitrogens with zero attached hydrogens (tertiary/aromatic N) is 2. The van der Waals surface area contributed by atoms with Gasteiger partial charge in [-0.3, -0.25) is 9.59 Å². The third kappa shape index (κ3) is 4.62. The van der Waals surface area contributed by atoms with Crippen molar-refractivity contribution >= 4 is 40.9 Å². The molecular weight excluding hydrogens is 420 g/mol. The molecule has 0 radical (unpaired) electrons. The lowest BCUT2D eigenvalue weighted by atomic mass is 9.94. The van der Waals surface area contributed by atoms with Gasteiger partial charge in [0.2, 0.25) is 5.91 Å². The maximum Gasteiger partial charge on any atom is 0.258 e. The number of carbonyl (C=O) groups is 2. The Kier molecular flexibility index (Phi) is 6.72. The molecule has 3 aromatic rings. The molecule has 0 unspecified atom stereocenters. The second-order valence-electron chi connectivity index (χ2n) is 6.29. The van der Waals surface area contributed by atoms with E-state index in [1.54, 1.807) is 55.5 Å². The fourth-order valence-electron chi connectivity index (χ4n) is 2.95. The van der Waals surface area contributed by atoms with Crippen LogP contribution >= 0.6 is 23.4 Å². The summed E-state index contributed by atoms with van der Waals surface area (Å²) in [4.78, 5) is 28.9. The summed E-state index contributed by atoms with van der Waals surface area (Å²) in [5.74, 6) is -0.990. The van der Waals surface area contributed by atoms with Crippen molar-refractivity contribution in [2.45, 2.75) is 11.9 Å². The molecule has 2 aromatic carbocycles. The highest BCUT2D eigenvalue weighted by Crippen LogP contribution is 2.38. The van der Waals surface area contributed by atoms with Crippen molar-refractivity contribution in [2.24, 2.45) is 5.73 Å². The Labute approximate surface area is 183 Å². The van der Waals surface area contributed by atoms with Crippen molar-refractivity contribution in [2.75, 3.05) is 11.1 Å². The van der Waals surface area contributed by atoms with Crippen LogP contribution in [0.1, 0.15) is 21.6 Å². The minimum Gasteiger partial charge on any atom is -0.369 e. The molecule has 1 aromatic heterocycles. The molecule has 3 N–H and O–H groups in total. The van der Waals surface area contributed by atoms with Crippen LogP contribution in [0.4, 0.5) is 5.69 Å². The number of hydrogen-bond acceptors (Lipinski definition) is 5. The van der Waals surface area contributed by atoms with E-state index in [1.165, 1.54) is 0 Å². The van der Waals surface area contributed by atoms with Gasteiger partial charge in [0.1, 0.15) is 11.1 Å². The van der Waals surface area contributed by atoms with E-state index in [-0.39, 0.29) is 16.9 Å². The predicted molar refractivity (Wildman–Crippen MR) is 118 cm³/mol. The Bertz CT molecular complexity index is 1160. The maximum atomic E-state index is 13.2. The van der Waals surface area contributed by atoms with Crippen molar-refractivity contribution < 1.29 is 9.59 Å². The van der Waals surface area contributed by atoms with E-state index in [0.717, 1.165) is 11.8 Å². The average molecular weight is 437 g/mol. The maximum absolute atomic E-state index is 13.2. The highest BCUT2D eigenvalue weighted by Gasteiger charge is 2.25. The summed E-state index contributed by atoms with van der Waals surface area (Å²) in [6.07, 6.45) is 0. The Hall–Kier alpha value is -3.34. The first-order valence-corrected chi connectivity index (χ1v) is 10.3. The van der Waals surface area contributed by atoms with Crippen LogP contribution in [0.2, 0.25) is 5.02 Å². The van der Waals surface area contributed by atoms with Gasteiger partial charge in [-0.1, -0.05) is 59.8 Å². The Balaban J connectivity index is 2.23. The number of benzene rings is 2. The number of anilines is 1. The van der Waals surface area contributed by atoms with Crippen LogP contribution in [-0.4, -0.2) is 22.6 Å². The second-order valence-corrected chi connectivity index (χ2v) is 7.67. The van der Waals surface area contributed by atoms with Gasteiger partial charge in [0.15, 0.2) is 0 Å². The van der Waals surface area contributed by atoms with E-state index in [4.69, 9.17) is 17.3 Å². The molecule has 0 saturated carbocycles. The van der Waals surface area contributed by atoms with E-state index in [9.17, 15) is 14.9 Å². The van der Waals surface area contributed by atoms with E-state index < -0.39 is 11.8 Å². The molecule has 0 saturated heterocycles. The van der Waals surface area contributed by atoms with Crippen LogP contribution in [0.15, 0.2) is 59.6 Å². The normalized spacial score (nSPS) is 10.3. The zero-order valence-electron chi connectivity index (χ0n) is 16.0. The molecule has 6 nitrogen and oxygen atoms in total. The number of hydrogen-bond donors (Lipinski definition) is 2. The Morgan fingerprint density at radius 1 is 1.17 bits per heavy atom. The standard InChI is InChI=1S/C22H17ClN4O2S/c1-13-19(21(29)27-14-7-3-2-4-8-14)20(15-9-5-6-10-17(15)23)16(11-24)22(26-13)30-12-18(25)28/h2-10H,12H2,1H3,(H2,25,28)(H,27,29). The number of amides is 2. The first-order chi connectivity index (χ1) is 14.4. The van der Waals surface area contributed by atoms with Gasteiger partial charge in [0.25, 0.3) is 5.91 Å². The largest absolute Gasteiger partial charge is 0.369 e. The lowest BCUT2D eigenvalue weighted by molar-refractivity contribution is -0.115. The number of primary amides is 1.